The molecule has 0 spiro atoms. The van der Waals surface area contributed by atoms with Gasteiger partial charge in [-0.1, -0.05) is 24.3 Å². The first-order chi connectivity index (χ1) is 12.9. The highest BCUT2D eigenvalue weighted by atomic mass is 19.4. The molecule has 1 fully saturated rings. The number of imidazole rings is 1. The third-order valence-corrected chi connectivity index (χ3v) is 4.93. The van der Waals surface area contributed by atoms with E-state index in [4.69, 9.17) is 4.74 Å². The fourth-order valence-electron chi connectivity index (χ4n) is 3.50. The third kappa shape index (κ3) is 3.84. The van der Waals surface area contributed by atoms with Gasteiger partial charge in [0.05, 0.1) is 35.6 Å². The average molecular weight is 375 g/mol. The number of nitrogens with zero attached hydrogens (tertiary/aromatic N) is 3. The van der Waals surface area contributed by atoms with Gasteiger partial charge in [0, 0.05) is 26.7 Å². The zero-order chi connectivity index (χ0) is 19.0. The van der Waals surface area contributed by atoms with Crippen LogP contribution < -0.4 is 0 Å². The molecule has 2 heterocycles. The van der Waals surface area contributed by atoms with E-state index in [0.717, 1.165) is 22.7 Å². The highest BCUT2D eigenvalue weighted by molar-refractivity contribution is 5.76. The Kier molecular flexibility index (Phi) is 4.65. The number of hydrogen-bond acceptors (Lipinski definition) is 3. The minimum absolute atomic E-state index is 0.108. The molecule has 1 aliphatic rings. The normalized spacial score (nSPS) is 18.9. The fraction of sp³-hybridized carbons (Fsp3) is 0.350. The number of fused-ring (bicyclic) bond motifs is 1. The summed E-state index contributed by atoms with van der Waals surface area (Å²) in [6, 6.07) is 11.6. The van der Waals surface area contributed by atoms with E-state index in [1.807, 2.05) is 23.7 Å². The molecule has 7 heteroatoms. The summed E-state index contributed by atoms with van der Waals surface area (Å²) in [5.41, 5.74) is 3.07. The molecule has 0 radical (unpaired) electrons. The quantitative estimate of drug-likeness (QED) is 0.689. The van der Waals surface area contributed by atoms with Gasteiger partial charge >= 0.3 is 6.18 Å². The maximum atomic E-state index is 12.9. The van der Waals surface area contributed by atoms with Gasteiger partial charge in [-0.25, -0.2) is 4.98 Å². The topological polar surface area (TPSA) is 30.3 Å². The predicted octanol–water partition coefficient (Wildman–Crippen LogP) is 4.17. The minimum Gasteiger partial charge on any atom is -0.371 e. The van der Waals surface area contributed by atoms with Crippen LogP contribution in [-0.4, -0.2) is 34.1 Å². The van der Waals surface area contributed by atoms with Crippen LogP contribution in [0.5, 0.6) is 0 Å². The monoisotopic (exact) mass is 375 g/mol. The number of alkyl halides is 3. The molecule has 0 aliphatic carbocycles. The highest BCUT2D eigenvalue weighted by Gasteiger charge is 2.30. The Morgan fingerprint density at radius 1 is 1.19 bits per heavy atom. The highest BCUT2D eigenvalue weighted by Crippen LogP contribution is 2.30. The number of ether oxygens (including phenoxy) is 1. The lowest BCUT2D eigenvalue weighted by molar-refractivity contribution is -0.137. The maximum Gasteiger partial charge on any atom is 0.416 e. The van der Waals surface area contributed by atoms with E-state index in [2.05, 4.69) is 16.0 Å². The van der Waals surface area contributed by atoms with Gasteiger partial charge in [-0.05, 0) is 29.3 Å². The van der Waals surface area contributed by atoms with Crippen LogP contribution >= 0.6 is 0 Å². The van der Waals surface area contributed by atoms with Crippen LogP contribution in [0.3, 0.4) is 0 Å². The van der Waals surface area contributed by atoms with Crippen molar-refractivity contribution in [3.63, 3.8) is 0 Å². The third-order valence-electron chi connectivity index (χ3n) is 4.93. The summed E-state index contributed by atoms with van der Waals surface area (Å²) < 4.78 is 46.7. The molecule has 1 atom stereocenters. The average Bonchev–Trinajstić information content (AvgIpc) is 3.02. The standard InChI is InChI=1S/C20H20F3N3O/c1-25-13-24-17-6-5-15(10-18(17)25)19-12-26(7-8-27-19)11-14-3-2-4-16(9-14)20(21,22)23/h2-6,9-10,13,19H,7-8,11-12H2,1H3. The fourth-order valence-corrected chi connectivity index (χ4v) is 3.50. The lowest BCUT2D eigenvalue weighted by Gasteiger charge is -2.33. The van der Waals surface area contributed by atoms with E-state index in [0.29, 0.717) is 31.8 Å². The summed E-state index contributed by atoms with van der Waals surface area (Å²) in [5, 5.41) is 0. The Morgan fingerprint density at radius 2 is 2.04 bits per heavy atom. The van der Waals surface area contributed by atoms with Gasteiger partial charge in [-0.15, -0.1) is 0 Å². The van der Waals surface area contributed by atoms with Crippen molar-refractivity contribution in [1.29, 1.82) is 0 Å². The Balaban J connectivity index is 1.50. The molecular weight excluding hydrogens is 355 g/mol. The summed E-state index contributed by atoms with van der Waals surface area (Å²) in [4.78, 5) is 6.46. The Morgan fingerprint density at radius 3 is 2.85 bits per heavy atom. The summed E-state index contributed by atoms with van der Waals surface area (Å²) in [5.74, 6) is 0. The van der Waals surface area contributed by atoms with Gasteiger partial charge < -0.3 is 9.30 Å². The van der Waals surface area contributed by atoms with Crippen LogP contribution in [0.4, 0.5) is 13.2 Å². The Hall–Kier alpha value is -2.38. The van der Waals surface area contributed by atoms with Gasteiger partial charge in [0.25, 0.3) is 0 Å². The second kappa shape index (κ2) is 6.98. The van der Waals surface area contributed by atoms with Crippen LogP contribution in [0.15, 0.2) is 48.8 Å². The molecule has 0 saturated carbocycles. The second-order valence-corrected chi connectivity index (χ2v) is 6.90. The summed E-state index contributed by atoms with van der Waals surface area (Å²) in [6.07, 6.45) is -2.65. The Labute approximate surface area is 155 Å². The van der Waals surface area contributed by atoms with Crippen LogP contribution in [0.2, 0.25) is 0 Å². The maximum absolute atomic E-state index is 12.9. The Bertz CT molecular complexity index is 951. The van der Waals surface area contributed by atoms with E-state index in [1.54, 1.807) is 12.4 Å². The molecule has 1 saturated heterocycles. The smallest absolute Gasteiger partial charge is 0.371 e. The molecule has 1 unspecified atom stereocenters. The number of hydrogen-bond donors (Lipinski definition) is 0. The lowest BCUT2D eigenvalue weighted by Crippen LogP contribution is -2.37. The van der Waals surface area contributed by atoms with Gasteiger partial charge in [-0.2, -0.15) is 13.2 Å². The summed E-state index contributed by atoms with van der Waals surface area (Å²) in [7, 11) is 1.95. The number of morpholine rings is 1. The molecule has 0 bridgehead atoms. The van der Waals surface area contributed by atoms with Crippen LogP contribution in [-0.2, 0) is 24.5 Å². The van der Waals surface area contributed by atoms with Crippen LogP contribution in [0.25, 0.3) is 11.0 Å². The first-order valence-electron chi connectivity index (χ1n) is 8.81. The summed E-state index contributed by atoms with van der Waals surface area (Å²) in [6.45, 7) is 2.35. The van der Waals surface area contributed by atoms with Gasteiger partial charge in [0.2, 0.25) is 0 Å². The molecule has 0 amide bonds. The number of rotatable bonds is 3. The molecule has 2 aromatic carbocycles. The van der Waals surface area contributed by atoms with E-state index >= 15 is 0 Å². The largest absolute Gasteiger partial charge is 0.416 e. The van der Waals surface area contributed by atoms with Gasteiger partial charge in [-0.3, -0.25) is 4.90 Å². The van der Waals surface area contributed by atoms with E-state index in [-0.39, 0.29) is 6.10 Å². The van der Waals surface area contributed by atoms with Crippen LogP contribution in [0.1, 0.15) is 22.8 Å². The first-order valence-corrected chi connectivity index (χ1v) is 8.81. The zero-order valence-electron chi connectivity index (χ0n) is 14.9. The number of aryl methyl sites for hydroxylation is 1. The SMILES string of the molecule is Cn1cnc2ccc(C3CN(Cc4cccc(C(F)(F)F)c4)CCO3)cc21. The molecule has 3 aromatic rings. The summed E-state index contributed by atoms with van der Waals surface area (Å²) >= 11 is 0. The molecule has 1 aliphatic heterocycles. The molecule has 4 rings (SSSR count). The molecule has 4 nitrogen and oxygen atoms in total. The van der Waals surface area contributed by atoms with Crippen LogP contribution in [0, 0.1) is 0 Å². The van der Waals surface area contributed by atoms with Crippen molar-refractivity contribution < 1.29 is 17.9 Å². The lowest BCUT2D eigenvalue weighted by atomic mass is 10.1. The van der Waals surface area contributed by atoms with Crippen molar-refractivity contribution in [3.8, 4) is 0 Å². The van der Waals surface area contributed by atoms with E-state index in [9.17, 15) is 13.2 Å². The van der Waals surface area contributed by atoms with Crippen molar-refractivity contribution in [2.24, 2.45) is 7.05 Å². The molecule has 142 valence electrons. The first kappa shape index (κ1) is 18.0. The van der Waals surface area contributed by atoms with Crippen molar-refractivity contribution in [3.05, 3.63) is 65.5 Å². The number of aromatic nitrogens is 2. The van der Waals surface area contributed by atoms with E-state index < -0.39 is 11.7 Å². The number of halogens is 3. The molecule has 27 heavy (non-hydrogen) atoms. The van der Waals surface area contributed by atoms with Gasteiger partial charge in [0.1, 0.15) is 0 Å². The molecular formula is C20H20F3N3O. The molecule has 0 N–H and O–H groups in total. The molecule has 1 aromatic heterocycles. The van der Waals surface area contributed by atoms with Gasteiger partial charge in [0.15, 0.2) is 0 Å². The van der Waals surface area contributed by atoms with Crippen molar-refractivity contribution in [1.82, 2.24) is 14.5 Å². The zero-order valence-corrected chi connectivity index (χ0v) is 14.9. The van der Waals surface area contributed by atoms with Crippen molar-refractivity contribution in [2.75, 3.05) is 19.7 Å². The number of benzene rings is 2. The second-order valence-electron chi connectivity index (χ2n) is 6.90. The van der Waals surface area contributed by atoms with Crippen molar-refractivity contribution >= 4 is 11.0 Å². The van der Waals surface area contributed by atoms with Crippen molar-refractivity contribution in [2.45, 2.75) is 18.8 Å². The predicted molar refractivity (Wildman–Crippen MR) is 96.1 cm³/mol. The van der Waals surface area contributed by atoms with E-state index in [1.165, 1.54) is 12.1 Å². The minimum atomic E-state index is -4.32.